The molecule has 1 fully saturated rings. The molecule has 0 amide bonds. The molecular formula is C22H27FN4. The van der Waals surface area contributed by atoms with Gasteiger partial charge in [0.25, 0.3) is 0 Å². The molecule has 1 N–H and O–H groups in total. The van der Waals surface area contributed by atoms with Crippen LogP contribution in [0.25, 0.3) is 16.8 Å². The predicted octanol–water partition coefficient (Wildman–Crippen LogP) is 5.50. The fourth-order valence-corrected chi connectivity index (χ4v) is 3.84. The van der Waals surface area contributed by atoms with Crippen molar-refractivity contribution >= 4 is 11.5 Å². The van der Waals surface area contributed by atoms with E-state index in [1.54, 1.807) is 12.1 Å². The Bertz CT molecular complexity index is 961. The minimum absolute atomic E-state index is 0.0773. The summed E-state index contributed by atoms with van der Waals surface area (Å²) in [5.41, 5.74) is 4.58. The van der Waals surface area contributed by atoms with Crippen LogP contribution in [0.2, 0.25) is 0 Å². The van der Waals surface area contributed by atoms with E-state index >= 15 is 0 Å². The van der Waals surface area contributed by atoms with E-state index < -0.39 is 0 Å². The van der Waals surface area contributed by atoms with Crippen LogP contribution in [0, 0.1) is 12.7 Å². The number of nitrogens with one attached hydrogen (secondary N) is 1. The van der Waals surface area contributed by atoms with Crippen molar-refractivity contribution in [2.75, 3.05) is 5.32 Å². The van der Waals surface area contributed by atoms with Gasteiger partial charge < -0.3 is 5.32 Å². The summed E-state index contributed by atoms with van der Waals surface area (Å²) >= 11 is 0. The second kappa shape index (κ2) is 6.63. The highest BCUT2D eigenvalue weighted by Gasteiger charge is 2.24. The van der Waals surface area contributed by atoms with Gasteiger partial charge >= 0.3 is 0 Å². The summed E-state index contributed by atoms with van der Waals surface area (Å²) in [4.78, 5) is 4.97. The molecule has 142 valence electrons. The Morgan fingerprint density at radius 3 is 2.41 bits per heavy atom. The van der Waals surface area contributed by atoms with Gasteiger partial charge in [0.15, 0.2) is 5.65 Å². The smallest absolute Gasteiger partial charge is 0.165 e. The first kappa shape index (κ1) is 18.0. The molecule has 1 aliphatic rings. The lowest BCUT2D eigenvalue weighted by Crippen LogP contribution is -2.20. The van der Waals surface area contributed by atoms with Crippen molar-refractivity contribution < 1.29 is 4.39 Å². The predicted molar refractivity (Wildman–Crippen MR) is 108 cm³/mol. The molecule has 5 heteroatoms. The number of hydrogen-bond acceptors (Lipinski definition) is 3. The van der Waals surface area contributed by atoms with Crippen molar-refractivity contribution in [3.63, 3.8) is 0 Å². The molecule has 1 saturated carbocycles. The van der Waals surface area contributed by atoms with E-state index in [-0.39, 0.29) is 11.2 Å². The second-order valence-corrected chi connectivity index (χ2v) is 8.61. The zero-order chi connectivity index (χ0) is 19.2. The fraction of sp³-hybridized carbons (Fsp3) is 0.455. The SMILES string of the molecule is Cc1nn2c(NC3CCCC3)cc(C(C)(C)C)nc2c1-c1ccc(F)cc1. The van der Waals surface area contributed by atoms with Crippen LogP contribution in [0.1, 0.15) is 57.8 Å². The molecule has 27 heavy (non-hydrogen) atoms. The number of rotatable bonds is 3. The maximum Gasteiger partial charge on any atom is 0.165 e. The first-order valence-electron chi connectivity index (χ1n) is 9.76. The fourth-order valence-electron chi connectivity index (χ4n) is 3.84. The normalized spacial score (nSPS) is 15.6. The quantitative estimate of drug-likeness (QED) is 0.666. The lowest BCUT2D eigenvalue weighted by atomic mass is 9.91. The largest absolute Gasteiger partial charge is 0.367 e. The molecule has 1 aromatic carbocycles. The van der Waals surface area contributed by atoms with E-state index in [0.717, 1.165) is 34.0 Å². The zero-order valence-electron chi connectivity index (χ0n) is 16.5. The number of aryl methyl sites for hydroxylation is 1. The maximum atomic E-state index is 13.4. The summed E-state index contributed by atoms with van der Waals surface area (Å²) in [7, 11) is 0. The Balaban J connectivity index is 1.91. The van der Waals surface area contributed by atoms with Gasteiger partial charge in [-0.1, -0.05) is 45.7 Å². The molecule has 2 aromatic heterocycles. The van der Waals surface area contributed by atoms with Gasteiger partial charge in [0.2, 0.25) is 0 Å². The zero-order valence-corrected chi connectivity index (χ0v) is 16.5. The molecule has 0 radical (unpaired) electrons. The molecule has 4 rings (SSSR count). The van der Waals surface area contributed by atoms with Crippen molar-refractivity contribution in [3.05, 3.63) is 47.5 Å². The Labute approximate surface area is 159 Å². The van der Waals surface area contributed by atoms with Crippen LogP contribution in [-0.2, 0) is 5.41 Å². The van der Waals surface area contributed by atoms with Gasteiger partial charge in [0, 0.05) is 23.1 Å². The summed E-state index contributed by atoms with van der Waals surface area (Å²) in [6.45, 7) is 8.51. The van der Waals surface area contributed by atoms with Gasteiger partial charge in [-0.3, -0.25) is 0 Å². The lowest BCUT2D eigenvalue weighted by Gasteiger charge is -2.21. The Kier molecular flexibility index (Phi) is 4.41. The molecule has 1 aliphatic carbocycles. The van der Waals surface area contributed by atoms with Crippen LogP contribution < -0.4 is 5.32 Å². The minimum Gasteiger partial charge on any atom is -0.367 e. The van der Waals surface area contributed by atoms with E-state index in [4.69, 9.17) is 10.1 Å². The van der Waals surface area contributed by atoms with Crippen LogP contribution in [-0.4, -0.2) is 20.6 Å². The van der Waals surface area contributed by atoms with Gasteiger partial charge in [-0.05, 0) is 37.5 Å². The number of anilines is 1. The number of hydrogen-bond donors (Lipinski definition) is 1. The Morgan fingerprint density at radius 2 is 1.78 bits per heavy atom. The van der Waals surface area contributed by atoms with Gasteiger partial charge in [-0.2, -0.15) is 9.61 Å². The third kappa shape index (κ3) is 3.43. The van der Waals surface area contributed by atoms with E-state index in [2.05, 4.69) is 32.2 Å². The van der Waals surface area contributed by atoms with E-state index in [1.807, 2.05) is 11.4 Å². The van der Waals surface area contributed by atoms with Crippen LogP contribution in [0.15, 0.2) is 30.3 Å². The first-order chi connectivity index (χ1) is 12.8. The van der Waals surface area contributed by atoms with E-state index in [0.29, 0.717) is 6.04 Å². The van der Waals surface area contributed by atoms with Crippen molar-refractivity contribution in [1.82, 2.24) is 14.6 Å². The van der Waals surface area contributed by atoms with Gasteiger partial charge in [-0.15, -0.1) is 0 Å². The third-order valence-electron chi connectivity index (χ3n) is 5.37. The van der Waals surface area contributed by atoms with Crippen molar-refractivity contribution in [2.24, 2.45) is 0 Å². The molecule has 0 aliphatic heterocycles. The second-order valence-electron chi connectivity index (χ2n) is 8.61. The molecule has 0 saturated heterocycles. The Hall–Kier alpha value is -2.43. The highest BCUT2D eigenvalue weighted by molar-refractivity contribution is 5.81. The minimum atomic E-state index is -0.236. The van der Waals surface area contributed by atoms with Gasteiger partial charge in [0.1, 0.15) is 11.6 Å². The average molecular weight is 366 g/mol. The number of benzene rings is 1. The molecule has 0 atom stereocenters. The number of aromatic nitrogens is 3. The average Bonchev–Trinajstić information content (AvgIpc) is 3.22. The highest BCUT2D eigenvalue weighted by atomic mass is 19.1. The molecule has 3 aromatic rings. The summed E-state index contributed by atoms with van der Waals surface area (Å²) in [6.07, 6.45) is 4.94. The lowest BCUT2D eigenvalue weighted by molar-refractivity contribution is 0.568. The van der Waals surface area contributed by atoms with Crippen molar-refractivity contribution in [3.8, 4) is 11.1 Å². The van der Waals surface area contributed by atoms with Crippen LogP contribution in [0.5, 0.6) is 0 Å². The van der Waals surface area contributed by atoms with E-state index in [9.17, 15) is 4.39 Å². The number of fused-ring (bicyclic) bond motifs is 1. The summed E-state index contributed by atoms with van der Waals surface area (Å²) in [6, 6.07) is 9.20. The van der Waals surface area contributed by atoms with Gasteiger partial charge in [-0.25, -0.2) is 9.37 Å². The monoisotopic (exact) mass is 366 g/mol. The van der Waals surface area contributed by atoms with Crippen LogP contribution in [0.3, 0.4) is 0 Å². The molecule has 0 spiro atoms. The molecular weight excluding hydrogens is 339 g/mol. The van der Waals surface area contributed by atoms with Crippen LogP contribution in [0.4, 0.5) is 10.2 Å². The molecule has 0 unspecified atom stereocenters. The van der Waals surface area contributed by atoms with Gasteiger partial charge in [0.05, 0.1) is 11.4 Å². The summed E-state index contributed by atoms with van der Waals surface area (Å²) < 4.78 is 15.3. The maximum absolute atomic E-state index is 13.4. The van der Waals surface area contributed by atoms with Crippen LogP contribution >= 0.6 is 0 Å². The van der Waals surface area contributed by atoms with Crippen molar-refractivity contribution in [2.45, 2.75) is 64.8 Å². The number of nitrogens with zero attached hydrogens (tertiary/aromatic N) is 3. The third-order valence-corrected chi connectivity index (χ3v) is 5.37. The first-order valence-corrected chi connectivity index (χ1v) is 9.76. The Morgan fingerprint density at radius 1 is 1.11 bits per heavy atom. The standard InChI is InChI=1S/C22H27FN4/c1-14-20(15-9-11-16(23)12-10-15)21-25-18(22(2,3)4)13-19(27(21)26-14)24-17-7-5-6-8-17/h9-13,17,24H,5-8H2,1-4H3. The van der Waals surface area contributed by atoms with E-state index in [1.165, 1.54) is 37.8 Å². The topological polar surface area (TPSA) is 42.2 Å². The molecule has 4 nitrogen and oxygen atoms in total. The highest BCUT2D eigenvalue weighted by Crippen LogP contribution is 2.33. The molecule has 2 heterocycles. The summed E-state index contributed by atoms with van der Waals surface area (Å²) in [5.74, 6) is 0.757. The van der Waals surface area contributed by atoms with Crippen molar-refractivity contribution in [1.29, 1.82) is 0 Å². The summed E-state index contributed by atoms with van der Waals surface area (Å²) in [5, 5.41) is 8.47. The number of halogens is 1. The molecule has 0 bridgehead atoms.